The highest BCUT2D eigenvalue weighted by molar-refractivity contribution is 6.74. The molecule has 0 unspecified atom stereocenters. The minimum absolute atomic E-state index is 0.179. The van der Waals surface area contributed by atoms with Gasteiger partial charge in [-0.1, -0.05) is 20.8 Å². The number of ether oxygens (including phenoxy) is 1. The Labute approximate surface area is 141 Å². The first-order chi connectivity index (χ1) is 10.7. The predicted molar refractivity (Wildman–Crippen MR) is 95.7 cm³/mol. The van der Waals surface area contributed by atoms with Crippen LogP contribution < -0.4 is 9.16 Å². The Morgan fingerprint density at radius 2 is 1.96 bits per heavy atom. The monoisotopic (exact) mass is 334 g/mol. The minimum atomic E-state index is -1.83. The van der Waals surface area contributed by atoms with Crippen molar-refractivity contribution in [1.29, 1.82) is 0 Å². The highest BCUT2D eigenvalue weighted by Gasteiger charge is 2.40. The summed E-state index contributed by atoms with van der Waals surface area (Å²) in [7, 11) is -1.83. The van der Waals surface area contributed by atoms with E-state index in [0.29, 0.717) is 0 Å². The quantitative estimate of drug-likeness (QED) is 0.807. The van der Waals surface area contributed by atoms with Crippen LogP contribution in [0.2, 0.25) is 18.1 Å². The molecule has 2 aliphatic rings. The number of hydrogen-bond acceptors (Lipinski definition) is 3. The van der Waals surface area contributed by atoms with Gasteiger partial charge in [0.2, 0.25) is 8.32 Å². The smallest absolute Gasteiger partial charge is 0.250 e. The summed E-state index contributed by atoms with van der Waals surface area (Å²) in [6.07, 6.45) is 3.87. The summed E-state index contributed by atoms with van der Waals surface area (Å²) >= 11 is 0. The summed E-state index contributed by atoms with van der Waals surface area (Å²) in [4.78, 5) is 0. The average molecular weight is 335 g/mol. The van der Waals surface area contributed by atoms with Crippen LogP contribution >= 0.6 is 0 Å². The molecule has 0 radical (unpaired) electrons. The Morgan fingerprint density at radius 3 is 2.65 bits per heavy atom. The zero-order valence-corrected chi connectivity index (χ0v) is 16.1. The molecule has 1 aliphatic carbocycles. The van der Waals surface area contributed by atoms with Crippen molar-refractivity contribution in [3.63, 3.8) is 0 Å². The second-order valence-corrected chi connectivity index (χ2v) is 13.4. The molecular formula is C19H30O3Si. The summed E-state index contributed by atoms with van der Waals surface area (Å²) in [6.45, 7) is 11.3. The van der Waals surface area contributed by atoms with Gasteiger partial charge in [0, 0.05) is 5.92 Å². The molecule has 1 N–H and O–H groups in total. The lowest BCUT2D eigenvalue weighted by molar-refractivity contribution is -0.0209. The lowest BCUT2D eigenvalue weighted by atomic mass is 9.78. The molecule has 3 nitrogen and oxygen atoms in total. The van der Waals surface area contributed by atoms with Crippen molar-refractivity contribution in [2.45, 2.75) is 76.8 Å². The molecule has 4 heteroatoms. The summed E-state index contributed by atoms with van der Waals surface area (Å²) in [5, 5.41) is 10.5. The molecule has 1 saturated carbocycles. The molecule has 1 aromatic carbocycles. The molecule has 3 atom stereocenters. The molecule has 23 heavy (non-hydrogen) atoms. The first-order valence-electron chi connectivity index (χ1n) is 8.84. The van der Waals surface area contributed by atoms with Gasteiger partial charge < -0.3 is 14.3 Å². The van der Waals surface area contributed by atoms with Crippen LogP contribution in [-0.2, 0) is 6.42 Å². The van der Waals surface area contributed by atoms with E-state index in [1.165, 1.54) is 5.56 Å². The molecule has 128 valence electrons. The number of fused-ring (bicyclic) bond motifs is 2. The van der Waals surface area contributed by atoms with Gasteiger partial charge in [0.25, 0.3) is 0 Å². The number of aliphatic hydroxyl groups is 1. The molecule has 0 aromatic heterocycles. The third-order valence-corrected chi connectivity index (χ3v) is 10.3. The maximum absolute atomic E-state index is 10.3. The van der Waals surface area contributed by atoms with Crippen molar-refractivity contribution in [3.8, 4) is 11.5 Å². The van der Waals surface area contributed by atoms with E-state index < -0.39 is 8.32 Å². The van der Waals surface area contributed by atoms with Crippen molar-refractivity contribution in [1.82, 2.24) is 0 Å². The highest BCUT2D eigenvalue weighted by Crippen LogP contribution is 2.41. The van der Waals surface area contributed by atoms with Gasteiger partial charge in [-0.15, -0.1) is 0 Å². The van der Waals surface area contributed by atoms with E-state index in [-0.39, 0.29) is 23.2 Å². The Balaban J connectivity index is 1.82. The number of hydrogen-bond donors (Lipinski definition) is 1. The van der Waals surface area contributed by atoms with Crippen LogP contribution in [0, 0.1) is 5.92 Å². The Morgan fingerprint density at radius 1 is 1.22 bits per heavy atom. The molecule has 3 rings (SSSR count). The summed E-state index contributed by atoms with van der Waals surface area (Å²) in [5.41, 5.74) is 1.18. The second kappa shape index (κ2) is 5.82. The van der Waals surface area contributed by atoms with Crippen LogP contribution in [0.15, 0.2) is 18.2 Å². The fourth-order valence-electron chi connectivity index (χ4n) is 3.38. The highest BCUT2D eigenvalue weighted by atomic mass is 28.4. The van der Waals surface area contributed by atoms with E-state index in [4.69, 9.17) is 9.16 Å². The zero-order valence-electron chi connectivity index (χ0n) is 15.1. The van der Waals surface area contributed by atoms with Crippen LogP contribution in [0.3, 0.4) is 0 Å². The van der Waals surface area contributed by atoms with E-state index in [9.17, 15) is 5.11 Å². The van der Waals surface area contributed by atoms with Crippen LogP contribution in [-0.4, -0.2) is 25.6 Å². The van der Waals surface area contributed by atoms with Crippen molar-refractivity contribution >= 4 is 8.32 Å². The van der Waals surface area contributed by atoms with Crippen molar-refractivity contribution in [2.75, 3.05) is 0 Å². The molecule has 0 amide bonds. The molecule has 1 aromatic rings. The fourth-order valence-corrected chi connectivity index (χ4v) is 4.40. The van der Waals surface area contributed by atoms with E-state index >= 15 is 0 Å². The molecular weight excluding hydrogens is 304 g/mol. The van der Waals surface area contributed by atoms with Crippen LogP contribution in [0.1, 0.15) is 45.6 Å². The van der Waals surface area contributed by atoms with Crippen molar-refractivity contribution in [2.24, 2.45) is 5.92 Å². The lowest BCUT2D eigenvalue weighted by Crippen LogP contribution is -2.44. The first-order valence-corrected chi connectivity index (χ1v) is 11.7. The van der Waals surface area contributed by atoms with E-state index in [1.807, 2.05) is 6.07 Å². The maximum Gasteiger partial charge on any atom is 0.250 e. The number of aliphatic hydroxyl groups excluding tert-OH is 1. The molecule has 1 aliphatic heterocycles. The maximum atomic E-state index is 10.3. The number of rotatable bonds is 2. The average Bonchev–Trinajstić information content (AvgIpc) is 2.44. The topological polar surface area (TPSA) is 38.7 Å². The van der Waals surface area contributed by atoms with Crippen LogP contribution in [0.25, 0.3) is 0 Å². The molecule has 0 bridgehead atoms. The van der Waals surface area contributed by atoms with Crippen molar-refractivity contribution in [3.05, 3.63) is 23.8 Å². The third-order valence-electron chi connectivity index (χ3n) is 5.91. The Bertz CT molecular complexity index is 576. The predicted octanol–water partition coefficient (Wildman–Crippen LogP) is 4.54. The van der Waals surface area contributed by atoms with Gasteiger partial charge in [0.1, 0.15) is 17.6 Å². The fraction of sp³-hybridized carbons (Fsp3) is 0.684. The van der Waals surface area contributed by atoms with Gasteiger partial charge in [-0.2, -0.15) is 0 Å². The van der Waals surface area contributed by atoms with E-state index in [1.54, 1.807) is 0 Å². The minimum Gasteiger partial charge on any atom is -0.543 e. The summed E-state index contributed by atoms with van der Waals surface area (Å²) in [6, 6.07) is 6.22. The van der Waals surface area contributed by atoms with E-state index in [0.717, 1.165) is 37.2 Å². The van der Waals surface area contributed by atoms with Crippen molar-refractivity contribution < 1.29 is 14.3 Å². The van der Waals surface area contributed by atoms with Gasteiger partial charge in [0.05, 0.1) is 6.10 Å². The molecule has 0 spiro atoms. The third kappa shape index (κ3) is 3.29. The lowest BCUT2D eigenvalue weighted by Gasteiger charge is -2.40. The Hall–Kier alpha value is -1.00. The van der Waals surface area contributed by atoms with Crippen LogP contribution in [0.4, 0.5) is 0 Å². The normalized spacial score (nSPS) is 27.7. The Kier molecular flexibility index (Phi) is 4.26. The van der Waals surface area contributed by atoms with Gasteiger partial charge >= 0.3 is 0 Å². The first kappa shape index (κ1) is 16.8. The summed E-state index contributed by atoms with van der Waals surface area (Å²) in [5.74, 6) is 2.16. The summed E-state index contributed by atoms with van der Waals surface area (Å²) < 4.78 is 12.6. The second-order valence-electron chi connectivity index (χ2n) is 8.65. The van der Waals surface area contributed by atoms with Gasteiger partial charge in [-0.05, 0) is 67.6 Å². The van der Waals surface area contributed by atoms with E-state index in [2.05, 4.69) is 46.0 Å². The van der Waals surface area contributed by atoms with Gasteiger partial charge in [-0.3, -0.25) is 0 Å². The molecule has 0 saturated heterocycles. The standard InChI is InChI=1S/C19H30O3Si/c1-19(2,3)23(4,5)22-14-9-10-17-13(11-14)12-15-16(20)7-6-8-18(15)21-17/h9-11,15-16,18,20H,6-8,12H2,1-5H3/t15-,16-,18+/m0/s1. The van der Waals surface area contributed by atoms with Gasteiger partial charge in [0.15, 0.2) is 0 Å². The largest absolute Gasteiger partial charge is 0.543 e. The van der Waals surface area contributed by atoms with Crippen LogP contribution in [0.5, 0.6) is 11.5 Å². The molecule has 1 fully saturated rings. The SMILES string of the molecule is CC(C)(C)[Si](C)(C)Oc1ccc2c(c1)C[C@H]1[C@@H](O)CCC[C@H]1O2. The zero-order chi connectivity index (χ0) is 16.8. The molecule has 1 heterocycles. The number of benzene rings is 1. The van der Waals surface area contributed by atoms with Gasteiger partial charge in [-0.25, -0.2) is 0 Å².